The van der Waals surface area contributed by atoms with Crippen molar-refractivity contribution in [2.45, 2.75) is 32.4 Å². The van der Waals surface area contributed by atoms with E-state index in [9.17, 15) is 9.59 Å². The number of carbonyl (C=O) groups is 2. The lowest BCUT2D eigenvalue weighted by Gasteiger charge is -2.29. The highest BCUT2D eigenvalue weighted by atomic mass is 16.6. The van der Waals surface area contributed by atoms with Crippen molar-refractivity contribution in [2.75, 3.05) is 0 Å². The Labute approximate surface area is 118 Å². The van der Waals surface area contributed by atoms with E-state index < -0.39 is 12.1 Å². The summed E-state index contributed by atoms with van der Waals surface area (Å²) in [5.74, 6) is -0.175. The Hall–Kier alpha value is -2.30. The lowest BCUT2D eigenvalue weighted by molar-refractivity contribution is -0.125. The molecule has 2 rings (SSSR count). The highest BCUT2D eigenvalue weighted by Gasteiger charge is 2.30. The van der Waals surface area contributed by atoms with Crippen LogP contribution in [-0.4, -0.2) is 22.9 Å². The second-order valence-corrected chi connectivity index (χ2v) is 4.58. The van der Waals surface area contributed by atoms with Crippen molar-refractivity contribution >= 4 is 12.0 Å². The molecule has 1 N–H and O–H groups in total. The summed E-state index contributed by atoms with van der Waals surface area (Å²) in [5, 5.41) is 2.61. The van der Waals surface area contributed by atoms with Crippen LogP contribution < -0.4 is 5.32 Å². The van der Waals surface area contributed by atoms with Gasteiger partial charge in [0.05, 0.1) is 0 Å². The minimum Gasteiger partial charge on any atom is -0.444 e. The number of nitrogens with zero attached hydrogens (tertiary/aromatic N) is 1. The molecular formula is C15H18N2O3. The highest BCUT2D eigenvalue weighted by molar-refractivity contribution is 5.88. The summed E-state index contributed by atoms with van der Waals surface area (Å²) >= 11 is 0. The van der Waals surface area contributed by atoms with Gasteiger partial charge in [0.15, 0.2) is 0 Å². The van der Waals surface area contributed by atoms with Gasteiger partial charge in [0.1, 0.15) is 12.6 Å². The molecule has 1 aliphatic heterocycles. The molecule has 1 heterocycles. The Kier molecular flexibility index (Phi) is 4.76. The van der Waals surface area contributed by atoms with Gasteiger partial charge >= 0.3 is 6.09 Å². The van der Waals surface area contributed by atoms with Crippen LogP contribution in [0.3, 0.4) is 0 Å². The summed E-state index contributed by atoms with van der Waals surface area (Å²) in [5.41, 5.74) is 0.915. The first-order valence-electron chi connectivity index (χ1n) is 6.68. The molecule has 1 aromatic carbocycles. The van der Waals surface area contributed by atoms with Crippen LogP contribution in [0.15, 0.2) is 42.7 Å². The molecular weight excluding hydrogens is 256 g/mol. The predicted octanol–water partition coefficient (Wildman–Crippen LogP) is 2.39. The maximum absolute atomic E-state index is 12.1. The Morgan fingerprint density at radius 3 is 2.80 bits per heavy atom. The average Bonchev–Trinajstić information content (AvgIpc) is 2.48. The van der Waals surface area contributed by atoms with Gasteiger partial charge in [-0.15, -0.1) is 0 Å². The third-order valence-corrected chi connectivity index (χ3v) is 3.08. The predicted molar refractivity (Wildman–Crippen MR) is 74.4 cm³/mol. The van der Waals surface area contributed by atoms with Gasteiger partial charge in [0.2, 0.25) is 5.91 Å². The number of hydrogen-bond donors (Lipinski definition) is 1. The molecule has 1 unspecified atom stereocenters. The van der Waals surface area contributed by atoms with E-state index in [1.54, 1.807) is 6.20 Å². The molecule has 1 aromatic rings. The number of hydrogen-bond acceptors (Lipinski definition) is 3. The molecule has 5 nitrogen and oxygen atoms in total. The summed E-state index contributed by atoms with van der Waals surface area (Å²) in [4.78, 5) is 25.2. The number of carbonyl (C=O) groups excluding carboxylic acids is 2. The van der Waals surface area contributed by atoms with Crippen molar-refractivity contribution in [1.82, 2.24) is 10.2 Å². The van der Waals surface area contributed by atoms with Crippen molar-refractivity contribution in [1.29, 1.82) is 0 Å². The van der Waals surface area contributed by atoms with Crippen LogP contribution in [0.4, 0.5) is 4.79 Å². The van der Waals surface area contributed by atoms with E-state index >= 15 is 0 Å². The quantitative estimate of drug-likeness (QED) is 0.917. The standard InChI is InChI=1S/C15H18N2O3/c1-2-6-13-14(18)16-9-10-17(13)15(19)20-11-12-7-4-3-5-8-12/h3-5,7-10,13H,2,6,11H2,1H3,(H,16,18). The molecule has 20 heavy (non-hydrogen) atoms. The molecule has 106 valence electrons. The van der Waals surface area contributed by atoms with Crippen LogP contribution in [0.25, 0.3) is 0 Å². The normalized spacial score (nSPS) is 17.8. The minimum absolute atomic E-state index is 0.175. The molecule has 0 aliphatic carbocycles. The fourth-order valence-corrected chi connectivity index (χ4v) is 2.05. The topological polar surface area (TPSA) is 58.6 Å². The number of nitrogens with one attached hydrogen (secondary N) is 1. The minimum atomic E-state index is -0.501. The van der Waals surface area contributed by atoms with Crippen LogP contribution in [-0.2, 0) is 16.1 Å². The summed E-state index contributed by atoms with van der Waals surface area (Å²) in [6.07, 6.45) is 3.93. The maximum atomic E-state index is 12.1. The number of amides is 2. The summed E-state index contributed by atoms with van der Waals surface area (Å²) < 4.78 is 5.25. The van der Waals surface area contributed by atoms with Crippen LogP contribution in [0.1, 0.15) is 25.3 Å². The molecule has 2 amide bonds. The van der Waals surface area contributed by atoms with E-state index in [4.69, 9.17) is 4.74 Å². The molecule has 0 saturated carbocycles. The summed E-state index contributed by atoms with van der Waals surface area (Å²) in [6.45, 7) is 2.17. The fourth-order valence-electron chi connectivity index (χ4n) is 2.05. The first-order valence-corrected chi connectivity index (χ1v) is 6.68. The van der Waals surface area contributed by atoms with Crippen LogP contribution in [0.5, 0.6) is 0 Å². The number of ether oxygens (including phenoxy) is 1. The highest BCUT2D eigenvalue weighted by Crippen LogP contribution is 2.14. The first kappa shape index (κ1) is 14.1. The second kappa shape index (κ2) is 6.75. The third-order valence-electron chi connectivity index (χ3n) is 3.08. The van der Waals surface area contributed by atoms with Gasteiger partial charge in [0, 0.05) is 12.4 Å². The molecule has 5 heteroatoms. The summed E-state index contributed by atoms with van der Waals surface area (Å²) in [6, 6.07) is 8.95. The first-order chi connectivity index (χ1) is 9.72. The largest absolute Gasteiger partial charge is 0.444 e. The van der Waals surface area contributed by atoms with E-state index in [2.05, 4.69) is 5.32 Å². The van der Waals surface area contributed by atoms with Crippen molar-refractivity contribution in [3.63, 3.8) is 0 Å². The van der Waals surface area contributed by atoms with Gasteiger partial charge in [-0.2, -0.15) is 0 Å². The molecule has 0 radical (unpaired) electrons. The Balaban J connectivity index is 1.98. The average molecular weight is 274 g/mol. The lowest BCUT2D eigenvalue weighted by atomic mass is 10.1. The third kappa shape index (κ3) is 3.38. The van der Waals surface area contributed by atoms with Crippen molar-refractivity contribution < 1.29 is 14.3 Å². The number of rotatable bonds is 4. The molecule has 0 aromatic heterocycles. The zero-order valence-corrected chi connectivity index (χ0v) is 11.4. The van der Waals surface area contributed by atoms with Gasteiger partial charge in [-0.25, -0.2) is 4.79 Å². The zero-order valence-electron chi connectivity index (χ0n) is 11.4. The number of benzene rings is 1. The van der Waals surface area contributed by atoms with E-state index in [-0.39, 0.29) is 12.5 Å². The monoisotopic (exact) mass is 274 g/mol. The van der Waals surface area contributed by atoms with Gasteiger partial charge in [-0.3, -0.25) is 9.69 Å². The Morgan fingerprint density at radius 2 is 2.10 bits per heavy atom. The van der Waals surface area contributed by atoms with Crippen molar-refractivity contribution in [3.05, 3.63) is 48.3 Å². The molecule has 0 saturated heterocycles. The van der Waals surface area contributed by atoms with Crippen LogP contribution in [0.2, 0.25) is 0 Å². The van der Waals surface area contributed by atoms with E-state index in [0.717, 1.165) is 12.0 Å². The van der Waals surface area contributed by atoms with E-state index in [1.165, 1.54) is 11.1 Å². The molecule has 1 aliphatic rings. The Bertz CT molecular complexity index is 499. The van der Waals surface area contributed by atoms with Gasteiger partial charge in [-0.05, 0) is 12.0 Å². The van der Waals surface area contributed by atoms with E-state index in [0.29, 0.717) is 6.42 Å². The fraction of sp³-hybridized carbons (Fsp3) is 0.333. The molecule has 1 atom stereocenters. The molecule has 0 bridgehead atoms. The van der Waals surface area contributed by atoms with Gasteiger partial charge in [0.25, 0.3) is 0 Å². The van der Waals surface area contributed by atoms with Crippen molar-refractivity contribution in [3.8, 4) is 0 Å². The SMILES string of the molecule is CCCC1C(=O)NC=CN1C(=O)OCc1ccccc1. The molecule has 0 spiro atoms. The lowest BCUT2D eigenvalue weighted by Crippen LogP contribution is -2.49. The van der Waals surface area contributed by atoms with Gasteiger partial charge < -0.3 is 10.1 Å². The molecule has 0 fully saturated rings. The van der Waals surface area contributed by atoms with E-state index in [1.807, 2.05) is 37.3 Å². The van der Waals surface area contributed by atoms with Crippen LogP contribution >= 0.6 is 0 Å². The second-order valence-electron chi connectivity index (χ2n) is 4.58. The zero-order chi connectivity index (χ0) is 14.4. The smallest absolute Gasteiger partial charge is 0.414 e. The Morgan fingerprint density at radius 1 is 1.35 bits per heavy atom. The van der Waals surface area contributed by atoms with Gasteiger partial charge in [-0.1, -0.05) is 43.7 Å². The van der Waals surface area contributed by atoms with Crippen LogP contribution in [0, 0.1) is 0 Å². The summed E-state index contributed by atoms with van der Waals surface area (Å²) in [7, 11) is 0. The maximum Gasteiger partial charge on any atom is 0.414 e. The van der Waals surface area contributed by atoms with Crippen molar-refractivity contribution in [2.24, 2.45) is 0 Å².